The molecule has 3 aromatic heterocycles. The Morgan fingerprint density at radius 3 is 2.48 bits per heavy atom. The van der Waals surface area contributed by atoms with Gasteiger partial charge in [0.25, 0.3) is 5.56 Å². The Kier molecular flexibility index (Phi) is 6.26. The standard InChI is InChI=1S/C21H21F5N6O/c1-12-18(30-32(28-12)20(22)23)16-10-14(13-6-3-2-4-7-13)19(33)31(29-16)11-17-15(21(24,25)26)8-5-9-27-17/h5,8-10,13,20H,2-4,6-7,11H2,1H3. The first-order chi connectivity index (χ1) is 15.6. The van der Waals surface area contributed by atoms with Crippen molar-refractivity contribution in [1.29, 1.82) is 0 Å². The topological polar surface area (TPSA) is 78.5 Å². The normalized spacial score (nSPS) is 15.4. The highest BCUT2D eigenvalue weighted by Gasteiger charge is 2.34. The zero-order chi connectivity index (χ0) is 23.8. The van der Waals surface area contributed by atoms with Crippen LogP contribution < -0.4 is 5.56 Å². The van der Waals surface area contributed by atoms with Crippen LogP contribution in [-0.2, 0) is 12.7 Å². The average molecular weight is 468 g/mol. The van der Waals surface area contributed by atoms with Crippen LogP contribution in [-0.4, -0.2) is 29.8 Å². The summed E-state index contributed by atoms with van der Waals surface area (Å²) < 4.78 is 67.4. The Bertz CT molecular complexity index is 1200. The molecule has 3 aromatic rings. The number of halogens is 5. The van der Waals surface area contributed by atoms with Crippen molar-refractivity contribution in [2.75, 3.05) is 0 Å². The molecule has 1 aliphatic rings. The molecule has 0 aliphatic heterocycles. The summed E-state index contributed by atoms with van der Waals surface area (Å²) in [4.78, 5) is 17.3. The van der Waals surface area contributed by atoms with Gasteiger partial charge >= 0.3 is 12.7 Å². The van der Waals surface area contributed by atoms with Crippen molar-refractivity contribution in [2.45, 2.75) is 64.2 Å². The monoisotopic (exact) mass is 468 g/mol. The predicted octanol–water partition coefficient (Wildman–Crippen LogP) is 4.72. The zero-order valence-electron chi connectivity index (χ0n) is 17.7. The third kappa shape index (κ3) is 4.79. The number of aryl methyl sites for hydroxylation is 1. The maximum absolute atomic E-state index is 13.5. The molecule has 12 heteroatoms. The Labute approximate surface area is 185 Å². The smallest absolute Gasteiger partial charge is 0.267 e. The molecule has 0 N–H and O–H groups in total. The number of alkyl halides is 5. The van der Waals surface area contributed by atoms with E-state index in [-0.39, 0.29) is 33.5 Å². The largest absolute Gasteiger partial charge is 0.418 e. The van der Waals surface area contributed by atoms with E-state index in [9.17, 15) is 26.7 Å². The highest BCUT2D eigenvalue weighted by atomic mass is 19.4. The molecule has 0 radical (unpaired) electrons. The van der Waals surface area contributed by atoms with Crippen molar-refractivity contribution in [2.24, 2.45) is 0 Å². The second-order valence-electron chi connectivity index (χ2n) is 8.01. The van der Waals surface area contributed by atoms with Gasteiger partial charge in [0.15, 0.2) is 0 Å². The lowest BCUT2D eigenvalue weighted by atomic mass is 9.84. The molecule has 1 fully saturated rings. The lowest BCUT2D eigenvalue weighted by Crippen LogP contribution is -2.30. The van der Waals surface area contributed by atoms with Crippen LogP contribution in [0.4, 0.5) is 22.0 Å². The van der Waals surface area contributed by atoms with E-state index < -0.39 is 30.4 Å². The zero-order valence-corrected chi connectivity index (χ0v) is 17.7. The Morgan fingerprint density at radius 2 is 1.85 bits per heavy atom. The van der Waals surface area contributed by atoms with Crippen LogP contribution >= 0.6 is 0 Å². The minimum atomic E-state index is -4.66. The maximum atomic E-state index is 13.5. The molecule has 0 unspecified atom stereocenters. The summed E-state index contributed by atoms with van der Waals surface area (Å²) >= 11 is 0. The lowest BCUT2D eigenvalue weighted by molar-refractivity contribution is -0.138. The summed E-state index contributed by atoms with van der Waals surface area (Å²) in [5.74, 6) is -0.101. The van der Waals surface area contributed by atoms with Gasteiger partial charge in [0.2, 0.25) is 0 Å². The minimum absolute atomic E-state index is 0.0400. The molecule has 33 heavy (non-hydrogen) atoms. The molecule has 0 aromatic carbocycles. The molecular formula is C21H21F5N6O. The molecule has 0 saturated heterocycles. The molecule has 0 bridgehead atoms. The van der Waals surface area contributed by atoms with Gasteiger partial charge in [-0.3, -0.25) is 9.78 Å². The quantitative estimate of drug-likeness (QED) is 0.507. The molecule has 7 nitrogen and oxygen atoms in total. The van der Waals surface area contributed by atoms with Crippen LogP contribution in [0.2, 0.25) is 0 Å². The van der Waals surface area contributed by atoms with E-state index in [1.165, 1.54) is 25.3 Å². The molecule has 176 valence electrons. The van der Waals surface area contributed by atoms with Gasteiger partial charge in [-0.15, -0.1) is 9.90 Å². The van der Waals surface area contributed by atoms with Gasteiger partial charge in [-0.05, 0) is 43.9 Å². The number of pyridine rings is 1. The molecule has 4 rings (SSSR count). The van der Waals surface area contributed by atoms with Gasteiger partial charge in [0.1, 0.15) is 11.4 Å². The fourth-order valence-electron chi connectivity index (χ4n) is 4.18. The molecule has 0 atom stereocenters. The van der Waals surface area contributed by atoms with Crippen molar-refractivity contribution >= 4 is 0 Å². The summed E-state index contributed by atoms with van der Waals surface area (Å²) in [6.07, 6.45) is 0.917. The van der Waals surface area contributed by atoms with E-state index in [1.807, 2.05) is 0 Å². The molecular weight excluding hydrogens is 447 g/mol. The van der Waals surface area contributed by atoms with Crippen LogP contribution in [0.1, 0.15) is 67.1 Å². The highest BCUT2D eigenvalue weighted by Crippen LogP contribution is 2.33. The second-order valence-corrected chi connectivity index (χ2v) is 8.01. The van der Waals surface area contributed by atoms with Gasteiger partial charge < -0.3 is 0 Å². The predicted molar refractivity (Wildman–Crippen MR) is 108 cm³/mol. The molecule has 1 aliphatic carbocycles. The third-order valence-corrected chi connectivity index (χ3v) is 5.76. The first-order valence-electron chi connectivity index (χ1n) is 10.5. The summed E-state index contributed by atoms with van der Waals surface area (Å²) in [6.45, 7) is -2.02. The van der Waals surface area contributed by atoms with Crippen molar-refractivity contribution in [3.05, 3.63) is 57.3 Å². The summed E-state index contributed by atoms with van der Waals surface area (Å²) in [5, 5.41) is 11.6. The first-order valence-corrected chi connectivity index (χ1v) is 10.5. The number of hydrogen-bond acceptors (Lipinski definition) is 5. The van der Waals surface area contributed by atoms with Gasteiger partial charge in [-0.25, -0.2) is 4.68 Å². The molecule has 1 saturated carbocycles. The Hall–Kier alpha value is -3.18. The number of rotatable bonds is 5. The fraction of sp³-hybridized carbons (Fsp3) is 0.476. The van der Waals surface area contributed by atoms with E-state index in [1.54, 1.807) is 0 Å². The number of hydrogen-bond donors (Lipinski definition) is 0. The first kappa shape index (κ1) is 23.0. The van der Waals surface area contributed by atoms with Gasteiger partial charge in [-0.2, -0.15) is 32.1 Å². The molecule has 0 amide bonds. The van der Waals surface area contributed by atoms with Gasteiger partial charge in [-0.1, -0.05) is 19.3 Å². The average Bonchev–Trinajstić information content (AvgIpc) is 3.17. The summed E-state index contributed by atoms with van der Waals surface area (Å²) in [5.41, 5.74) is -1.17. The van der Waals surface area contributed by atoms with Crippen LogP contribution in [0.3, 0.4) is 0 Å². The van der Waals surface area contributed by atoms with E-state index in [0.29, 0.717) is 5.56 Å². The van der Waals surface area contributed by atoms with Crippen LogP contribution in [0.15, 0.2) is 29.2 Å². The van der Waals surface area contributed by atoms with Crippen LogP contribution in [0, 0.1) is 6.92 Å². The van der Waals surface area contributed by atoms with E-state index in [4.69, 9.17) is 0 Å². The SMILES string of the molecule is Cc1nn(C(F)F)nc1-c1cc(C2CCCCC2)c(=O)n(Cc2ncccc2C(F)(F)F)n1. The number of nitrogens with zero attached hydrogens (tertiary/aromatic N) is 6. The maximum Gasteiger partial charge on any atom is 0.418 e. The summed E-state index contributed by atoms with van der Waals surface area (Å²) in [7, 11) is 0. The van der Waals surface area contributed by atoms with Crippen molar-refractivity contribution in [3.8, 4) is 11.4 Å². The molecule has 0 spiro atoms. The minimum Gasteiger partial charge on any atom is -0.267 e. The number of aromatic nitrogens is 6. The van der Waals surface area contributed by atoms with Gasteiger partial charge in [0, 0.05) is 11.8 Å². The lowest BCUT2D eigenvalue weighted by Gasteiger charge is -2.22. The van der Waals surface area contributed by atoms with Crippen molar-refractivity contribution < 1.29 is 22.0 Å². The van der Waals surface area contributed by atoms with Crippen LogP contribution in [0.25, 0.3) is 11.4 Å². The van der Waals surface area contributed by atoms with Crippen LogP contribution in [0.5, 0.6) is 0 Å². The highest BCUT2D eigenvalue weighted by molar-refractivity contribution is 5.56. The van der Waals surface area contributed by atoms with E-state index >= 15 is 0 Å². The Balaban J connectivity index is 1.85. The van der Waals surface area contributed by atoms with Crippen molar-refractivity contribution in [3.63, 3.8) is 0 Å². The molecule has 3 heterocycles. The second kappa shape index (κ2) is 8.99. The van der Waals surface area contributed by atoms with E-state index in [0.717, 1.165) is 42.9 Å². The Morgan fingerprint density at radius 1 is 1.12 bits per heavy atom. The van der Waals surface area contributed by atoms with Gasteiger partial charge in [0.05, 0.1) is 23.5 Å². The third-order valence-electron chi connectivity index (χ3n) is 5.76. The van der Waals surface area contributed by atoms with E-state index in [2.05, 4.69) is 20.3 Å². The summed E-state index contributed by atoms with van der Waals surface area (Å²) in [6, 6.07) is 3.56. The van der Waals surface area contributed by atoms with Crippen molar-refractivity contribution in [1.82, 2.24) is 29.8 Å². The fourth-order valence-corrected chi connectivity index (χ4v) is 4.18.